The largest absolute Gasteiger partial charge is 0.508 e. The summed E-state index contributed by atoms with van der Waals surface area (Å²) in [6.07, 6.45) is 0.770. The third kappa shape index (κ3) is 2.70. The number of hydrogen-bond donors (Lipinski definition) is 1. The first kappa shape index (κ1) is 13.4. The Morgan fingerprint density at radius 1 is 1.32 bits per heavy atom. The van der Waals surface area contributed by atoms with Gasteiger partial charge in [0, 0.05) is 31.3 Å². The van der Waals surface area contributed by atoms with Crippen LogP contribution >= 0.6 is 0 Å². The molecule has 0 bridgehead atoms. The minimum atomic E-state index is -0.197. The summed E-state index contributed by atoms with van der Waals surface area (Å²) in [5.41, 5.74) is 1.01. The van der Waals surface area contributed by atoms with Crippen LogP contribution in [-0.4, -0.2) is 53.4 Å². The monoisotopic (exact) mass is 262 g/mol. The molecule has 1 aromatic carbocycles. The van der Waals surface area contributed by atoms with Crippen LogP contribution in [0.2, 0.25) is 0 Å². The first-order valence-electron chi connectivity index (χ1n) is 6.32. The molecule has 0 spiro atoms. The van der Waals surface area contributed by atoms with Crippen molar-refractivity contribution in [3.05, 3.63) is 29.3 Å². The number of likely N-dealkylation sites (N-methyl/N-ethyl adjacent to an activating group) is 1. The fraction of sp³-hybridized carbons (Fsp3) is 0.429. The topological polar surface area (TPSA) is 60.9 Å². The number of carbonyl (C=O) groups excluding carboxylic acids is 2. The van der Waals surface area contributed by atoms with Gasteiger partial charge in [0.05, 0.1) is 0 Å². The Labute approximate surface area is 112 Å². The average molecular weight is 262 g/mol. The SMILES string of the molecule is Cc1c(O)cccc1C(=O)N1CCCN(C)C(=O)C1. The molecule has 1 fully saturated rings. The number of rotatable bonds is 1. The minimum absolute atomic E-state index is 0.0522. The molecule has 1 heterocycles. The summed E-state index contributed by atoms with van der Waals surface area (Å²) in [5, 5.41) is 9.65. The number of hydrogen-bond acceptors (Lipinski definition) is 3. The van der Waals surface area contributed by atoms with E-state index < -0.39 is 0 Å². The van der Waals surface area contributed by atoms with E-state index in [1.54, 1.807) is 42.0 Å². The van der Waals surface area contributed by atoms with E-state index in [1.165, 1.54) is 0 Å². The molecule has 102 valence electrons. The van der Waals surface area contributed by atoms with Gasteiger partial charge in [0.15, 0.2) is 0 Å². The van der Waals surface area contributed by atoms with Gasteiger partial charge in [-0.3, -0.25) is 9.59 Å². The minimum Gasteiger partial charge on any atom is -0.508 e. The van der Waals surface area contributed by atoms with Gasteiger partial charge < -0.3 is 14.9 Å². The summed E-state index contributed by atoms with van der Waals surface area (Å²) in [4.78, 5) is 27.4. The predicted molar refractivity (Wildman–Crippen MR) is 71.0 cm³/mol. The number of aromatic hydroxyl groups is 1. The van der Waals surface area contributed by atoms with Crippen LogP contribution in [0.3, 0.4) is 0 Å². The smallest absolute Gasteiger partial charge is 0.254 e. The Morgan fingerprint density at radius 2 is 2.05 bits per heavy atom. The summed E-state index contributed by atoms with van der Waals surface area (Å²) in [6, 6.07) is 4.87. The number of phenols is 1. The third-order valence-corrected chi connectivity index (χ3v) is 3.50. The van der Waals surface area contributed by atoms with Crippen LogP contribution in [0, 0.1) is 6.92 Å². The fourth-order valence-corrected chi connectivity index (χ4v) is 2.19. The van der Waals surface area contributed by atoms with Crippen LogP contribution in [0.4, 0.5) is 0 Å². The molecular weight excluding hydrogens is 244 g/mol. The molecule has 0 saturated carbocycles. The molecular formula is C14H18N2O3. The van der Waals surface area contributed by atoms with E-state index in [1.807, 2.05) is 0 Å². The summed E-state index contributed by atoms with van der Waals surface area (Å²) < 4.78 is 0. The van der Waals surface area contributed by atoms with E-state index in [-0.39, 0.29) is 24.1 Å². The van der Waals surface area contributed by atoms with Gasteiger partial charge in [0.2, 0.25) is 5.91 Å². The predicted octanol–water partition coefficient (Wildman–Crippen LogP) is 1.00. The highest BCUT2D eigenvalue weighted by Crippen LogP contribution is 2.21. The lowest BCUT2D eigenvalue weighted by Gasteiger charge is -2.21. The Kier molecular flexibility index (Phi) is 3.74. The molecule has 1 N–H and O–H groups in total. The lowest BCUT2D eigenvalue weighted by atomic mass is 10.1. The van der Waals surface area contributed by atoms with Crippen LogP contribution in [-0.2, 0) is 4.79 Å². The normalized spacial score (nSPS) is 16.4. The van der Waals surface area contributed by atoms with Gasteiger partial charge in [0.1, 0.15) is 12.3 Å². The standard InChI is InChI=1S/C14H18N2O3/c1-10-11(5-3-6-12(10)17)14(19)16-8-4-7-15(2)13(18)9-16/h3,5-6,17H,4,7-9H2,1-2H3. The highest BCUT2D eigenvalue weighted by atomic mass is 16.3. The second-order valence-electron chi connectivity index (χ2n) is 4.85. The number of benzene rings is 1. The van der Waals surface area contributed by atoms with Crippen molar-refractivity contribution in [1.82, 2.24) is 9.80 Å². The van der Waals surface area contributed by atoms with E-state index >= 15 is 0 Å². The molecule has 0 aliphatic carbocycles. The van der Waals surface area contributed by atoms with Crippen molar-refractivity contribution in [2.24, 2.45) is 0 Å². The van der Waals surface area contributed by atoms with Crippen molar-refractivity contribution in [1.29, 1.82) is 0 Å². The van der Waals surface area contributed by atoms with E-state index in [0.717, 1.165) is 6.42 Å². The molecule has 0 aromatic heterocycles. The molecule has 0 atom stereocenters. The van der Waals surface area contributed by atoms with E-state index in [4.69, 9.17) is 0 Å². The first-order chi connectivity index (χ1) is 9.00. The molecule has 19 heavy (non-hydrogen) atoms. The third-order valence-electron chi connectivity index (χ3n) is 3.50. The van der Waals surface area contributed by atoms with Gasteiger partial charge in [-0.1, -0.05) is 6.07 Å². The zero-order chi connectivity index (χ0) is 14.0. The number of amides is 2. The molecule has 5 heteroatoms. The summed E-state index contributed by atoms with van der Waals surface area (Å²) in [7, 11) is 1.75. The molecule has 2 rings (SSSR count). The Balaban J connectivity index is 2.24. The maximum atomic E-state index is 12.4. The van der Waals surface area contributed by atoms with E-state index in [0.29, 0.717) is 24.2 Å². The lowest BCUT2D eigenvalue weighted by Crippen LogP contribution is -2.38. The molecule has 1 saturated heterocycles. The van der Waals surface area contributed by atoms with Gasteiger partial charge in [-0.25, -0.2) is 0 Å². The number of phenolic OH excluding ortho intramolecular Hbond substituents is 1. The Bertz CT molecular complexity index is 513. The van der Waals surface area contributed by atoms with Crippen LogP contribution in [0.1, 0.15) is 22.3 Å². The molecule has 5 nitrogen and oxygen atoms in total. The average Bonchev–Trinajstić information content (AvgIpc) is 2.55. The van der Waals surface area contributed by atoms with Crippen molar-refractivity contribution in [2.75, 3.05) is 26.7 Å². The van der Waals surface area contributed by atoms with Gasteiger partial charge in [0.25, 0.3) is 5.91 Å². The van der Waals surface area contributed by atoms with Gasteiger partial charge in [-0.05, 0) is 25.5 Å². The van der Waals surface area contributed by atoms with Crippen LogP contribution in [0.5, 0.6) is 5.75 Å². The molecule has 1 aromatic rings. The van der Waals surface area contributed by atoms with E-state index in [2.05, 4.69) is 0 Å². The first-order valence-corrected chi connectivity index (χ1v) is 6.32. The quantitative estimate of drug-likeness (QED) is 0.821. The van der Waals surface area contributed by atoms with E-state index in [9.17, 15) is 14.7 Å². The molecule has 0 unspecified atom stereocenters. The van der Waals surface area contributed by atoms with Gasteiger partial charge in [-0.2, -0.15) is 0 Å². The lowest BCUT2D eigenvalue weighted by molar-refractivity contribution is -0.129. The fourth-order valence-electron chi connectivity index (χ4n) is 2.19. The Hall–Kier alpha value is -2.04. The highest BCUT2D eigenvalue weighted by Gasteiger charge is 2.24. The van der Waals surface area contributed by atoms with Gasteiger partial charge in [-0.15, -0.1) is 0 Å². The van der Waals surface area contributed by atoms with Crippen LogP contribution < -0.4 is 0 Å². The summed E-state index contributed by atoms with van der Waals surface area (Å²) >= 11 is 0. The molecule has 1 aliphatic heterocycles. The van der Waals surface area contributed by atoms with Crippen molar-refractivity contribution in [3.63, 3.8) is 0 Å². The maximum absolute atomic E-state index is 12.4. The number of carbonyl (C=O) groups is 2. The zero-order valence-corrected chi connectivity index (χ0v) is 11.2. The highest BCUT2D eigenvalue weighted by molar-refractivity contribution is 5.98. The number of nitrogens with zero attached hydrogens (tertiary/aromatic N) is 2. The Morgan fingerprint density at radius 3 is 2.79 bits per heavy atom. The zero-order valence-electron chi connectivity index (χ0n) is 11.2. The van der Waals surface area contributed by atoms with Crippen molar-refractivity contribution in [3.8, 4) is 5.75 Å². The summed E-state index contributed by atoms with van der Waals surface area (Å²) in [5.74, 6) is -0.148. The summed E-state index contributed by atoms with van der Waals surface area (Å²) in [6.45, 7) is 3.03. The molecule has 2 amide bonds. The van der Waals surface area contributed by atoms with Crippen molar-refractivity contribution in [2.45, 2.75) is 13.3 Å². The second-order valence-corrected chi connectivity index (χ2v) is 4.85. The van der Waals surface area contributed by atoms with Crippen molar-refractivity contribution >= 4 is 11.8 Å². The molecule has 0 radical (unpaired) electrons. The van der Waals surface area contributed by atoms with Crippen molar-refractivity contribution < 1.29 is 14.7 Å². The molecule has 1 aliphatic rings. The van der Waals surface area contributed by atoms with Crippen LogP contribution in [0.15, 0.2) is 18.2 Å². The van der Waals surface area contributed by atoms with Gasteiger partial charge >= 0.3 is 0 Å². The maximum Gasteiger partial charge on any atom is 0.254 e. The second kappa shape index (κ2) is 5.30. The van der Waals surface area contributed by atoms with Crippen LogP contribution in [0.25, 0.3) is 0 Å².